The first-order chi connectivity index (χ1) is 14.3. The fourth-order valence-electron chi connectivity index (χ4n) is 2.94. The minimum absolute atomic E-state index is 0.119. The smallest absolute Gasteiger partial charge is 0.261 e. The summed E-state index contributed by atoms with van der Waals surface area (Å²) in [6.45, 7) is 8.70. The van der Waals surface area contributed by atoms with Gasteiger partial charge >= 0.3 is 0 Å². The first-order valence-corrected chi connectivity index (χ1v) is 11.1. The van der Waals surface area contributed by atoms with Crippen molar-refractivity contribution in [2.24, 2.45) is 0 Å². The van der Waals surface area contributed by atoms with Gasteiger partial charge in [-0.25, -0.2) is 0 Å². The van der Waals surface area contributed by atoms with E-state index in [1.54, 1.807) is 11.8 Å². The van der Waals surface area contributed by atoms with Crippen LogP contribution in [0.1, 0.15) is 43.4 Å². The number of carbonyl (C=O) groups excluding carboxylic acids is 2. The van der Waals surface area contributed by atoms with Gasteiger partial charge in [-0.3, -0.25) is 9.59 Å². The maximum Gasteiger partial charge on any atom is 0.261 e. The molecule has 6 heteroatoms. The summed E-state index contributed by atoms with van der Waals surface area (Å²) in [4.78, 5) is 27.2. The van der Waals surface area contributed by atoms with E-state index in [9.17, 15) is 9.59 Å². The van der Waals surface area contributed by atoms with Crippen LogP contribution in [0.5, 0.6) is 5.75 Å². The summed E-state index contributed by atoms with van der Waals surface area (Å²) in [5.41, 5.74) is 3.23. The molecule has 0 bridgehead atoms. The predicted octanol–water partition coefficient (Wildman–Crippen LogP) is 4.78. The van der Waals surface area contributed by atoms with Crippen molar-refractivity contribution >= 4 is 27.7 Å². The molecule has 162 valence electrons. The van der Waals surface area contributed by atoms with E-state index in [0.29, 0.717) is 18.8 Å². The first-order valence-electron chi connectivity index (χ1n) is 10.3. The lowest BCUT2D eigenvalue weighted by atomic mass is 10.1. The molecule has 0 aliphatic rings. The zero-order valence-electron chi connectivity index (χ0n) is 18.2. The first kappa shape index (κ1) is 23.9. The van der Waals surface area contributed by atoms with Crippen molar-refractivity contribution in [2.45, 2.75) is 53.1 Å². The van der Waals surface area contributed by atoms with Gasteiger partial charge in [0.05, 0.1) is 0 Å². The number of ether oxygens (including phenoxy) is 1. The Morgan fingerprint density at radius 1 is 1.10 bits per heavy atom. The molecular formula is C24H31BrN2O3. The van der Waals surface area contributed by atoms with Gasteiger partial charge in [-0.2, -0.15) is 0 Å². The van der Waals surface area contributed by atoms with Crippen LogP contribution < -0.4 is 10.1 Å². The largest absolute Gasteiger partial charge is 0.484 e. The third-order valence-electron chi connectivity index (χ3n) is 5.10. The van der Waals surface area contributed by atoms with Gasteiger partial charge in [0.25, 0.3) is 5.91 Å². The zero-order valence-corrected chi connectivity index (χ0v) is 19.8. The SMILES string of the molecule is CCCCNC(=O)C(C)N(Cc1ccc(Br)cc1)C(=O)COc1ccc(C)c(C)c1. The van der Waals surface area contributed by atoms with Crippen molar-refractivity contribution < 1.29 is 14.3 Å². The summed E-state index contributed by atoms with van der Waals surface area (Å²) in [6.07, 6.45) is 1.91. The summed E-state index contributed by atoms with van der Waals surface area (Å²) in [7, 11) is 0. The summed E-state index contributed by atoms with van der Waals surface area (Å²) < 4.78 is 6.70. The highest BCUT2D eigenvalue weighted by atomic mass is 79.9. The van der Waals surface area contributed by atoms with Crippen LogP contribution in [-0.2, 0) is 16.1 Å². The van der Waals surface area contributed by atoms with Gasteiger partial charge in [-0.15, -0.1) is 0 Å². The molecule has 0 heterocycles. The van der Waals surface area contributed by atoms with Gasteiger partial charge in [0.15, 0.2) is 6.61 Å². The normalized spacial score (nSPS) is 11.6. The van der Waals surface area contributed by atoms with Gasteiger partial charge in [-0.05, 0) is 68.1 Å². The third kappa shape index (κ3) is 7.17. The molecule has 1 atom stereocenters. The minimum Gasteiger partial charge on any atom is -0.484 e. The van der Waals surface area contributed by atoms with E-state index < -0.39 is 6.04 Å². The molecule has 0 fully saturated rings. The van der Waals surface area contributed by atoms with Crippen molar-refractivity contribution in [3.63, 3.8) is 0 Å². The van der Waals surface area contributed by atoms with E-state index in [2.05, 4.69) is 28.2 Å². The van der Waals surface area contributed by atoms with Gasteiger partial charge < -0.3 is 15.0 Å². The maximum absolute atomic E-state index is 13.0. The van der Waals surface area contributed by atoms with Crippen LogP contribution >= 0.6 is 15.9 Å². The lowest BCUT2D eigenvalue weighted by molar-refractivity contribution is -0.142. The van der Waals surface area contributed by atoms with Crippen LogP contribution in [-0.4, -0.2) is 35.9 Å². The highest BCUT2D eigenvalue weighted by Gasteiger charge is 2.26. The van der Waals surface area contributed by atoms with Gasteiger partial charge in [0.2, 0.25) is 5.91 Å². The van der Waals surface area contributed by atoms with Crippen LogP contribution in [0.25, 0.3) is 0 Å². The molecule has 2 aromatic rings. The summed E-state index contributed by atoms with van der Waals surface area (Å²) in [6, 6.07) is 12.9. The number of benzene rings is 2. The molecule has 1 unspecified atom stereocenters. The highest BCUT2D eigenvalue weighted by Crippen LogP contribution is 2.18. The molecule has 0 spiro atoms. The van der Waals surface area contributed by atoms with Crippen molar-refractivity contribution in [3.8, 4) is 5.75 Å². The fourth-order valence-corrected chi connectivity index (χ4v) is 3.20. The average Bonchev–Trinajstić information content (AvgIpc) is 2.73. The molecule has 30 heavy (non-hydrogen) atoms. The standard InChI is InChI=1S/C24H31BrN2O3/c1-5-6-13-26-24(29)19(4)27(15-20-8-10-21(25)11-9-20)23(28)16-30-22-12-7-17(2)18(3)14-22/h7-12,14,19H,5-6,13,15-16H2,1-4H3,(H,26,29). The zero-order chi connectivity index (χ0) is 22.1. The predicted molar refractivity (Wildman–Crippen MR) is 123 cm³/mol. The number of nitrogens with one attached hydrogen (secondary N) is 1. The van der Waals surface area contributed by atoms with Gasteiger partial charge in [-0.1, -0.05) is 47.5 Å². The van der Waals surface area contributed by atoms with Crippen LogP contribution in [0.3, 0.4) is 0 Å². The molecule has 5 nitrogen and oxygen atoms in total. The molecule has 0 aromatic heterocycles. The average molecular weight is 475 g/mol. The quantitative estimate of drug-likeness (QED) is 0.504. The summed E-state index contributed by atoms with van der Waals surface area (Å²) >= 11 is 3.42. The molecular weight excluding hydrogens is 444 g/mol. The number of hydrogen-bond donors (Lipinski definition) is 1. The Hall–Kier alpha value is -2.34. The van der Waals surface area contributed by atoms with E-state index in [-0.39, 0.29) is 18.4 Å². The molecule has 1 N–H and O–H groups in total. The van der Waals surface area contributed by atoms with Crippen LogP contribution in [0, 0.1) is 13.8 Å². The number of unbranched alkanes of at least 4 members (excludes halogenated alkanes) is 1. The monoisotopic (exact) mass is 474 g/mol. The highest BCUT2D eigenvalue weighted by molar-refractivity contribution is 9.10. The number of amides is 2. The molecule has 2 rings (SSSR count). The summed E-state index contributed by atoms with van der Waals surface area (Å²) in [5, 5.41) is 2.92. The van der Waals surface area contributed by atoms with Crippen molar-refractivity contribution in [3.05, 3.63) is 63.6 Å². The van der Waals surface area contributed by atoms with Crippen LogP contribution in [0.2, 0.25) is 0 Å². The Kier molecular flexibility index (Phi) is 9.37. The second-order valence-corrected chi connectivity index (χ2v) is 8.42. The number of halogens is 1. The molecule has 0 saturated heterocycles. The third-order valence-corrected chi connectivity index (χ3v) is 5.63. The fraction of sp³-hybridized carbons (Fsp3) is 0.417. The van der Waals surface area contributed by atoms with E-state index in [4.69, 9.17) is 4.74 Å². The molecule has 2 amide bonds. The maximum atomic E-state index is 13.0. The second-order valence-electron chi connectivity index (χ2n) is 7.50. The summed E-state index contributed by atoms with van der Waals surface area (Å²) in [5.74, 6) is 0.268. The second kappa shape index (κ2) is 11.7. The Morgan fingerprint density at radius 2 is 1.80 bits per heavy atom. The van der Waals surface area contributed by atoms with Crippen LogP contribution in [0.15, 0.2) is 46.9 Å². The van der Waals surface area contributed by atoms with Gasteiger partial charge in [0, 0.05) is 17.6 Å². The van der Waals surface area contributed by atoms with E-state index in [0.717, 1.165) is 28.4 Å². The molecule has 0 radical (unpaired) electrons. The van der Waals surface area contributed by atoms with Crippen molar-refractivity contribution in [2.75, 3.05) is 13.2 Å². The van der Waals surface area contributed by atoms with E-state index >= 15 is 0 Å². The van der Waals surface area contributed by atoms with Crippen LogP contribution in [0.4, 0.5) is 0 Å². The number of hydrogen-bond acceptors (Lipinski definition) is 3. The number of aryl methyl sites for hydroxylation is 2. The molecule has 0 aliphatic carbocycles. The van der Waals surface area contributed by atoms with E-state index in [1.165, 1.54) is 5.56 Å². The minimum atomic E-state index is -0.596. The molecule has 2 aromatic carbocycles. The Morgan fingerprint density at radius 3 is 2.43 bits per heavy atom. The Balaban J connectivity index is 2.11. The van der Waals surface area contributed by atoms with E-state index in [1.807, 2.05) is 56.3 Å². The van der Waals surface area contributed by atoms with Crippen molar-refractivity contribution in [1.29, 1.82) is 0 Å². The molecule has 0 aliphatic heterocycles. The number of nitrogens with zero attached hydrogens (tertiary/aromatic N) is 1. The van der Waals surface area contributed by atoms with Gasteiger partial charge in [0.1, 0.15) is 11.8 Å². The lowest BCUT2D eigenvalue weighted by Gasteiger charge is -2.29. The number of rotatable bonds is 10. The van der Waals surface area contributed by atoms with Crippen molar-refractivity contribution in [1.82, 2.24) is 10.2 Å². The topological polar surface area (TPSA) is 58.6 Å². The number of carbonyl (C=O) groups is 2. The Labute approximate surface area is 187 Å². The Bertz CT molecular complexity index is 852. The lowest BCUT2D eigenvalue weighted by Crippen LogP contribution is -2.49. The molecule has 0 saturated carbocycles.